The second-order valence-electron chi connectivity index (χ2n) is 6.57. The largest absolute Gasteiger partial charge is 0.441 e. The number of hydrogen-bond acceptors (Lipinski definition) is 4. The fourth-order valence-electron chi connectivity index (χ4n) is 2.45. The fourth-order valence-corrected chi connectivity index (χ4v) is 2.45. The predicted molar refractivity (Wildman–Crippen MR) is 93.5 cm³/mol. The molecule has 0 saturated heterocycles. The Labute approximate surface area is 143 Å². The summed E-state index contributed by atoms with van der Waals surface area (Å²) in [5.74, 6) is 1.55. The minimum Gasteiger partial charge on any atom is -0.441 e. The molecule has 0 aliphatic rings. The van der Waals surface area contributed by atoms with Gasteiger partial charge in [0, 0.05) is 24.9 Å². The van der Waals surface area contributed by atoms with Crippen molar-refractivity contribution in [3.05, 3.63) is 41.9 Å². The number of amides is 1. The standard InChI is InChI=1S/C19H26N2O3/c1-13(2)10-16(22)11-20-18(23)8-9-19-21-12-17(24-19)15-6-4-14(3)5-7-15/h4-7,12-13,16,22H,8-11H2,1-3H3,(H,20,23). The first-order chi connectivity index (χ1) is 11.4. The van der Waals surface area contributed by atoms with Crippen LogP contribution >= 0.6 is 0 Å². The molecule has 0 radical (unpaired) electrons. The van der Waals surface area contributed by atoms with Crippen molar-refractivity contribution in [3.8, 4) is 11.3 Å². The van der Waals surface area contributed by atoms with Crippen molar-refractivity contribution >= 4 is 5.91 Å². The van der Waals surface area contributed by atoms with E-state index in [4.69, 9.17) is 4.42 Å². The molecule has 5 nitrogen and oxygen atoms in total. The van der Waals surface area contributed by atoms with Gasteiger partial charge in [-0.3, -0.25) is 4.79 Å². The molecule has 0 aliphatic carbocycles. The summed E-state index contributed by atoms with van der Waals surface area (Å²) in [6.45, 7) is 6.40. The first kappa shape index (κ1) is 18.2. The van der Waals surface area contributed by atoms with Crippen molar-refractivity contribution in [2.75, 3.05) is 6.54 Å². The maximum absolute atomic E-state index is 11.8. The number of aromatic nitrogens is 1. The van der Waals surface area contributed by atoms with Crippen LogP contribution in [0.4, 0.5) is 0 Å². The van der Waals surface area contributed by atoms with Crippen molar-refractivity contribution < 1.29 is 14.3 Å². The van der Waals surface area contributed by atoms with Gasteiger partial charge < -0.3 is 14.8 Å². The number of aliphatic hydroxyl groups excluding tert-OH is 1. The van der Waals surface area contributed by atoms with Crippen LogP contribution in [0.5, 0.6) is 0 Å². The summed E-state index contributed by atoms with van der Waals surface area (Å²) in [6.07, 6.45) is 2.61. The van der Waals surface area contributed by atoms with Crippen LogP contribution in [0.3, 0.4) is 0 Å². The Kier molecular flexibility index (Phi) is 6.55. The first-order valence-electron chi connectivity index (χ1n) is 8.40. The monoisotopic (exact) mass is 330 g/mol. The van der Waals surface area contributed by atoms with E-state index in [0.717, 1.165) is 5.56 Å². The molecule has 0 spiro atoms. The molecule has 1 aromatic heterocycles. The summed E-state index contributed by atoms with van der Waals surface area (Å²) < 4.78 is 5.70. The van der Waals surface area contributed by atoms with E-state index in [9.17, 15) is 9.90 Å². The molecule has 1 atom stereocenters. The summed E-state index contributed by atoms with van der Waals surface area (Å²) in [5, 5.41) is 12.5. The molecule has 2 aromatic rings. The van der Waals surface area contributed by atoms with Crippen LogP contribution in [0, 0.1) is 12.8 Å². The van der Waals surface area contributed by atoms with Gasteiger partial charge >= 0.3 is 0 Å². The van der Waals surface area contributed by atoms with E-state index in [-0.39, 0.29) is 12.5 Å². The van der Waals surface area contributed by atoms with Crippen LogP contribution in [0.15, 0.2) is 34.9 Å². The summed E-state index contributed by atoms with van der Waals surface area (Å²) in [7, 11) is 0. The maximum Gasteiger partial charge on any atom is 0.220 e. The van der Waals surface area contributed by atoms with Crippen molar-refractivity contribution in [2.24, 2.45) is 5.92 Å². The molecule has 1 amide bonds. The Bertz CT molecular complexity index is 647. The molecule has 2 N–H and O–H groups in total. The third kappa shape index (κ3) is 5.81. The Morgan fingerprint density at radius 1 is 1.29 bits per heavy atom. The zero-order valence-corrected chi connectivity index (χ0v) is 14.6. The molecule has 0 saturated carbocycles. The molecule has 0 fully saturated rings. The Morgan fingerprint density at radius 3 is 2.67 bits per heavy atom. The average molecular weight is 330 g/mol. The number of carbonyl (C=O) groups is 1. The van der Waals surface area contributed by atoms with Gasteiger partial charge in [-0.2, -0.15) is 0 Å². The van der Waals surface area contributed by atoms with E-state index < -0.39 is 6.10 Å². The molecule has 1 aromatic carbocycles. The molecule has 0 aliphatic heterocycles. The quantitative estimate of drug-likeness (QED) is 0.780. The third-order valence-corrected chi connectivity index (χ3v) is 3.73. The predicted octanol–water partition coefficient (Wildman–Crippen LogP) is 3.11. The fraction of sp³-hybridized carbons (Fsp3) is 0.474. The number of aryl methyl sites for hydroxylation is 2. The molecule has 2 rings (SSSR count). The highest BCUT2D eigenvalue weighted by molar-refractivity contribution is 5.76. The molecule has 0 bridgehead atoms. The molecule has 24 heavy (non-hydrogen) atoms. The van der Waals surface area contributed by atoms with E-state index in [1.165, 1.54) is 5.56 Å². The van der Waals surface area contributed by atoms with Gasteiger partial charge in [-0.25, -0.2) is 4.98 Å². The number of nitrogens with one attached hydrogen (secondary N) is 1. The van der Waals surface area contributed by atoms with Crippen LogP contribution in [0.1, 0.15) is 38.1 Å². The summed E-state index contributed by atoms with van der Waals surface area (Å²) in [5.41, 5.74) is 2.16. The van der Waals surface area contributed by atoms with Crippen molar-refractivity contribution in [1.29, 1.82) is 0 Å². The van der Waals surface area contributed by atoms with E-state index in [0.29, 0.717) is 36.8 Å². The minimum atomic E-state index is -0.496. The molecule has 130 valence electrons. The van der Waals surface area contributed by atoms with Gasteiger partial charge in [-0.1, -0.05) is 43.7 Å². The topological polar surface area (TPSA) is 75.4 Å². The van der Waals surface area contributed by atoms with Gasteiger partial charge in [-0.05, 0) is 19.3 Å². The SMILES string of the molecule is Cc1ccc(-c2cnc(CCC(=O)NCC(O)CC(C)C)o2)cc1. The summed E-state index contributed by atoms with van der Waals surface area (Å²) in [4.78, 5) is 16.1. The number of oxazole rings is 1. The van der Waals surface area contributed by atoms with Crippen LogP contribution in [0.25, 0.3) is 11.3 Å². The Balaban J connectivity index is 1.78. The lowest BCUT2D eigenvalue weighted by molar-refractivity contribution is -0.121. The van der Waals surface area contributed by atoms with Crippen LogP contribution in [0.2, 0.25) is 0 Å². The van der Waals surface area contributed by atoms with E-state index >= 15 is 0 Å². The second kappa shape index (κ2) is 8.64. The number of hydrogen-bond donors (Lipinski definition) is 2. The minimum absolute atomic E-state index is 0.104. The number of benzene rings is 1. The highest BCUT2D eigenvalue weighted by Gasteiger charge is 2.11. The van der Waals surface area contributed by atoms with Gasteiger partial charge in [-0.15, -0.1) is 0 Å². The lowest BCUT2D eigenvalue weighted by atomic mass is 10.1. The van der Waals surface area contributed by atoms with Crippen LogP contribution in [-0.4, -0.2) is 28.6 Å². The van der Waals surface area contributed by atoms with E-state index in [1.807, 2.05) is 45.0 Å². The van der Waals surface area contributed by atoms with Crippen LogP contribution in [-0.2, 0) is 11.2 Å². The number of carbonyl (C=O) groups excluding carboxylic acids is 1. The highest BCUT2D eigenvalue weighted by Crippen LogP contribution is 2.21. The third-order valence-electron chi connectivity index (χ3n) is 3.73. The smallest absolute Gasteiger partial charge is 0.220 e. The molecule has 5 heteroatoms. The van der Waals surface area contributed by atoms with Crippen molar-refractivity contribution in [2.45, 2.75) is 46.1 Å². The Morgan fingerprint density at radius 2 is 2.00 bits per heavy atom. The van der Waals surface area contributed by atoms with E-state index in [2.05, 4.69) is 10.3 Å². The van der Waals surface area contributed by atoms with Gasteiger partial charge in [0.2, 0.25) is 5.91 Å². The zero-order valence-electron chi connectivity index (χ0n) is 14.6. The van der Waals surface area contributed by atoms with Crippen LogP contribution < -0.4 is 5.32 Å². The number of nitrogens with zero attached hydrogens (tertiary/aromatic N) is 1. The molecular formula is C19H26N2O3. The summed E-state index contributed by atoms with van der Waals surface area (Å²) in [6, 6.07) is 8.02. The van der Waals surface area contributed by atoms with Gasteiger partial charge in [0.15, 0.2) is 11.7 Å². The number of rotatable bonds is 8. The second-order valence-corrected chi connectivity index (χ2v) is 6.57. The first-order valence-corrected chi connectivity index (χ1v) is 8.40. The molecular weight excluding hydrogens is 304 g/mol. The average Bonchev–Trinajstić information content (AvgIpc) is 3.00. The van der Waals surface area contributed by atoms with Crippen molar-refractivity contribution in [1.82, 2.24) is 10.3 Å². The number of aliphatic hydroxyl groups is 1. The van der Waals surface area contributed by atoms with E-state index in [1.54, 1.807) is 6.20 Å². The van der Waals surface area contributed by atoms with Gasteiger partial charge in [0.1, 0.15) is 0 Å². The lowest BCUT2D eigenvalue weighted by Gasteiger charge is -2.13. The van der Waals surface area contributed by atoms with Crippen molar-refractivity contribution in [3.63, 3.8) is 0 Å². The van der Waals surface area contributed by atoms with Gasteiger partial charge in [0.25, 0.3) is 0 Å². The zero-order chi connectivity index (χ0) is 17.5. The Hall–Kier alpha value is -2.14. The normalized spacial score (nSPS) is 12.4. The lowest BCUT2D eigenvalue weighted by Crippen LogP contribution is -2.32. The van der Waals surface area contributed by atoms with Gasteiger partial charge in [0.05, 0.1) is 12.3 Å². The molecule has 1 unspecified atom stereocenters. The highest BCUT2D eigenvalue weighted by atomic mass is 16.4. The summed E-state index contributed by atoms with van der Waals surface area (Å²) >= 11 is 0. The molecule has 1 heterocycles. The maximum atomic E-state index is 11.8.